The van der Waals surface area contributed by atoms with E-state index in [9.17, 15) is 21.6 Å². The van der Waals surface area contributed by atoms with Gasteiger partial charge >= 0.3 is 6.03 Å². The number of primary sulfonamides is 1. The van der Waals surface area contributed by atoms with E-state index in [2.05, 4.69) is 34.1 Å². The molecule has 3 aromatic rings. The van der Waals surface area contributed by atoms with Crippen LogP contribution in [0.5, 0.6) is 0 Å². The number of likely N-dealkylation sites (N-methyl/N-ethyl adjacent to an activating group) is 2. The maximum atomic E-state index is 12.7. The maximum absolute atomic E-state index is 12.7. The van der Waals surface area contributed by atoms with E-state index in [-0.39, 0.29) is 16.3 Å². The lowest BCUT2D eigenvalue weighted by Crippen LogP contribution is -2.36. The van der Waals surface area contributed by atoms with Crippen LogP contribution in [0.2, 0.25) is 0 Å². The molecule has 42 heavy (non-hydrogen) atoms. The van der Waals surface area contributed by atoms with Crippen molar-refractivity contribution < 1.29 is 21.6 Å². The highest BCUT2D eigenvalue weighted by Gasteiger charge is 2.15. The minimum Gasteiger partial charge on any atom is -0.358 e. The van der Waals surface area contributed by atoms with Gasteiger partial charge < -0.3 is 20.4 Å². The normalized spacial score (nSPS) is 11.7. The molecule has 0 aliphatic heterocycles. The van der Waals surface area contributed by atoms with Crippen molar-refractivity contribution in [1.29, 1.82) is 5.41 Å². The van der Waals surface area contributed by atoms with E-state index < -0.39 is 26.1 Å². The van der Waals surface area contributed by atoms with Gasteiger partial charge in [-0.2, -0.15) is 0 Å². The van der Waals surface area contributed by atoms with Gasteiger partial charge in [0, 0.05) is 43.6 Å². The molecule has 3 rings (SSSR count). The molecule has 0 radical (unpaired) electrons. The van der Waals surface area contributed by atoms with Crippen molar-refractivity contribution in [2.24, 2.45) is 5.14 Å². The van der Waals surface area contributed by atoms with Crippen molar-refractivity contribution >= 4 is 43.3 Å². The standard InChI is InChI=1S/C28H37N7O5S2/c1-4-35(5-2)18-17-34(3)27(29)22-7-6-8-24(19-22)33-28(36)32-23-11-15-26(16-12-23)42(39,40)31-20-21-9-13-25(14-10-21)41(30,37)38/h6-16,19,29,31H,4-5,17-18,20H2,1-3H3,(H2,30,37,38)(H2,32,33,36). The molecule has 0 aromatic heterocycles. The van der Waals surface area contributed by atoms with Crippen molar-refractivity contribution in [1.82, 2.24) is 14.5 Å². The summed E-state index contributed by atoms with van der Waals surface area (Å²) in [5.74, 6) is 0.345. The fraction of sp³-hybridized carbons (Fsp3) is 0.286. The van der Waals surface area contributed by atoms with Crippen LogP contribution in [0, 0.1) is 5.41 Å². The Kier molecular flexibility index (Phi) is 11.2. The van der Waals surface area contributed by atoms with Gasteiger partial charge in [-0.3, -0.25) is 5.41 Å². The summed E-state index contributed by atoms with van der Waals surface area (Å²) in [6.07, 6.45) is 0. The van der Waals surface area contributed by atoms with E-state index in [0.29, 0.717) is 34.9 Å². The first-order chi connectivity index (χ1) is 19.8. The van der Waals surface area contributed by atoms with E-state index >= 15 is 0 Å². The zero-order valence-electron chi connectivity index (χ0n) is 23.8. The highest BCUT2D eigenvalue weighted by atomic mass is 32.2. The minimum absolute atomic E-state index is 0.00839. The lowest BCUT2D eigenvalue weighted by Gasteiger charge is -2.25. The number of benzene rings is 3. The SMILES string of the molecule is CCN(CC)CCN(C)C(=N)c1cccc(NC(=O)Nc2ccc(S(=O)(=O)NCc3ccc(S(N)(=O)=O)cc3)cc2)c1. The molecule has 6 N–H and O–H groups in total. The van der Waals surface area contributed by atoms with Gasteiger partial charge in [-0.05, 0) is 67.2 Å². The molecule has 0 aliphatic rings. The number of nitrogens with zero attached hydrogens (tertiary/aromatic N) is 2. The van der Waals surface area contributed by atoms with Crippen LogP contribution in [-0.4, -0.2) is 71.7 Å². The van der Waals surface area contributed by atoms with Crippen molar-refractivity contribution in [2.45, 2.75) is 30.2 Å². The number of amides is 2. The molecule has 0 unspecified atom stereocenters. The first kappa shape index (κ1) is 32.7. The predicted molar refractivity (Wildman–Crippen MR) is 165 cm³/mol. The topological polar surface area (TPSA) is 178 Å². The fourth-order valence-electron chi connectivity index (χ4n) is 3.98. The van der Waals surface area contributed by atoms with Crippen LogP contribution in [0.15, 0.2) is 82.6 Å². The Morgan fingerprint density at radius 3 is 2.02 bits per heavy atom. The second-order valence-electron chi connectivity index (χ2n) is 9.49. The number of amidine groups is 1. The average molecular weight is 616 g/mol. The van der Waals surface area contributed by atoms with Crippen LogP contribution in [0.3, 0.4) is 0 Å². The molecule has 226 valence electrons. The molecule has 0 spiro atoms. The van der Waals surface area contributed by atoms with Crippen LogP contribution in [0.25, 0.3) is 0 Å². The summed E-state index contributed by atoms with van der Waals surface area (Å²) in [5.41, 5.74) is 2.10. The Labute approximate surface area is 247 Å². The van der Waals surface area contributed by atoms with E-state index in [1.807, 2.05) is 18.0 Å². The van der Waals surface area contributed by atoms with Gasteiger partial charge in [-0.25, -0.2) is 31.5 Å². The quantitative estimate of drug-likeness (QED) is 0.145. The highest BCUT2D eigenvalue weighted by molar-refractivity contribution is 7.89. The summed E-state index contributed by atoms with van der Waals surface area (Å²) in [6.45, 7) is 7.60. The third kappa shape index (κ3) is 9.36. The molecule has 0 atom stereocenters. The second-order valence-corrected chi connectivity index (χ2v) is 12.8. The molecule has 0 bridgehead atoms. The molecule has 0 saturated heterocycles. The van der Waals surface area contributed by atoms with Gasteiger partial charge in [0.25, 0.3) is 0 Å². The third-order valence-corrected chi connectivity index (χ3v) is 8.91. The van der Waals surface area contributed by atoms with Crippen LogP contribution in [0.4, 0.5) is 16.2 Å². The lowest BCUT2D eigenvalue weighted by atomic mass is 10.1. The maximum Gasteiger partial charge on any atom is 0.323 e. The van der Waals surface area contributed by atoms with Crippen LogP contribution >= 0.6 is 0 Å². The van der Waals surface area contributed by atoms with Crippen molar-refractivity contribution in [3.8, 4) is 0 Å². The van der Waals surface area contributed by atoms with Crippen molar-refractivity contribution in [3.63, 3.8) is 0 Å². The number of carbonyl (C=O) groups excluding carboxylic acids is 1. The number of hydrogen-bond acceptors (Lipinski definition) is 7. The van der Waals surface area contributed by atoms with Crippen molar-refractivity contribution in [3.05, 3.63) is 83.9 Å². The minimum atomic E-state index is -3.87. The summed E-state index contributed by atoms with van der Waals surface area (Å²) in [5, 5.41) is 19.0. The van der Waals surface area contributed by atoms with E-state index in [1.54, 1.807) is 18.2 Å². The van der Waals surface area contributed by atoms with Gasteiger partial charge in [-0.15, -0.1) is 0 Å². The van der Waals surface area contributed by atoms with E-state index in [0.717, 1.165) is 19.6 Å². The summed E-state index contributed by atoms with van der Waals surface area (Å²) in [6, 6.07) is 17.7. The third-order valence-electron chi connectivity index (χ3n) is 6.56. The summed E-state index contributed by atoms with van der Waals surface area (Å²) in [4.78, 5) is 16.7. The first-order valence-electron chi connectivity index (χ1n) is 13.2. The molecule has 12 nitrogen and oxygen atoms in total. The molecule has 0 saturated carbocycles. The van der Waals surface area contributed by atoms with E-state index in [4.69, 9.17) is 10.5 Å². The number of nitrogens with one attached hydrogen (secondary N) is 4. The number of carbonyl (C=O) groups is 1. The zero-order valence-corrected chi connectivity index (χ0v) is 25.4. The van der Waals surface area contributed by atoms with Crippen LogP contribution in [-0.2, 0) is 26.6 Å². The lowest BCUT2D eigenvalue weighted by molar-refractivity contribution is 0.262. The highest BCUT2D eigenvalue weighted by Crippen LogP contribution is 2.17. The van der Waals surface area contributed by atoms with Gasteiger partial charge in [-0.1, -0.05) is 38.1 Å². The Morgan fingerprint density at radius 1 is 0.833 bits per heavy atom. The zero-order chi connectivity index (χ0) is 30.9. The van der Waals surface area contributed by atoms with Crippen LogP contribution in [0.1, 0.15) is 25.0 Å². The first-order valence-corrected chi connectivity index (χ1v) is 16.3. The largest absolute Gasteiger partial charge is 0.358 e. The smallest absolute Gasteiger partial charge is 0.323 e. The monoisotopic (exact) mass is 615 g/mol. The Bertz CT molecular complexity index is 1590. The Balaban J connectivity index is 1.55. The summed E-state index contributed by atoms with van der Waals surface area (Å²) < 4.78 is 50.6. The molecule has 0 aliphatic carbocycles. The molecule has 0 heterocycles. The number of nitrogens with two attached hydrogens (primary N) is 1. The van der Waals surface area contributed by atoms with Crippen LogP contribution < -0.4 is 20.5 Å². The number of sulfonamides is 2. The van der Waals surface area contributed by atoms with Gasteiger partial charge in [0.05, 0.1) is 9.79 Å². The fourth-order valence-corrected chi connectivity index (χ4v) is 5.51. The second kappa shape index (κ2) is 14.4. The van der Waals surface area contributed by atoms with Gasteiger partial charge in [0.2, 0.25) is 20.0 Å². The number of urea groups is 1. The molecule has 2 amide bonds. The average Bonchev–Trinajstić information content (AvgIpc) is 2.96. The number of rotatable bonds is 13. The summed E-state index contributed by atoms with van der Waals surface area (Å²) >= 11 is 0. The van der Waals surface area contributed by atoms with Gasteiger partial charge in [0.1, 0.15) is 5.84 Å². The number of hydrogen-bond donors (Lipinski definition) is 5. The molecular weight excluding hydrogens is 578 g/mol. The van der Waals surface area contributed by atoms with E-state index in [1.165, 1.54) is 48.5 Å². The Morgan fingerprint density at radius 2 is 1.43 bits per heavy atom. The predicted octanol–water partition coefficient (Wildman–Crippen LogP) is 3.06. The number of anilines is 2. The summed E-state index contributed by atoms with van der Waals surface area (Å²) in [7, 11) is -5.84. The molecular formula is C28H37N7O5S2. The van der Waals surface area contributed by atoms with Gasteiger partial charge in [0.15, 0.2) is 0 Å². The molecule has 14 heteroatoms. The Hall–Kier alpha value is -3.82. The molecule has 0 fully saturated rings. The molecule has 3 aromatic carbocycles. The van der Waals surface area contributed by atoms with Crippen molar-refractivity contribution in [2.75, 3.05) is 43.9 Å².